The summed E-state index contributed by atoms with van der Waals surface area (Å²) < 4.78 is 5.70. The number of aliphatic hydroxyl groups is 3. The van der Waals surface area contributed by atoms with Gasteiger partial charge in [0.2, 0.25) is 0 Å². The Labute approximate surface area is 210 Å². The van der Waals surface area contributed by atoms with Gasteiger partial charge in [0.25, 0.3) is 0 Å². The maximum Gasteiger partial charge on any atom is 0.112 e. The first kappa shape index (κ1) is 24.2. The zero-order valence-electron chi connectivity index (χ0n) is 21.6. The van der Waals surface area contributed by atoms with Crippen LogP contribution < -0.4 is 0 Å². The standard InChI is InChI=1S/C30H45NO4/c1-20-16-21(18-35-20)24-11-15-30(34)26-10-14-29(33)17-23(32)8-13-28(29,25(26)9-12-27(24,30)2)19-31-22-6-4-3-5-7-22/h16,19,22-26,32-34H,1,3-15,17-18H2,2H3/t23-,24?,25+,26-,27?,28?,29?,30?/m1/s1. The number of hydrogen-bond acceptors (Lipinski definition) is 5. The number of nitrogens with zero attached hydrogens (tertiary/aromatic N) is 1. The molecule has 3 N–H and O–H groups in total. The fourth-order valence-electron chi connectivity index (χ4n) is 9.91. The first-order valence-corrected chi connectivity index (χ1v) is 14.4. The Morgan fingerprint density at radius 3 is 2.49 bits per heavy atom. The van der Waals surface area contributed by atoms with Crippen molar-refractivity contribution in [3.63, 3.8) is 0 Å². The molecule has 1 heterocycles. The number of hydrogen-bond donors (Lipinski definition) is 3. The highest BCUT2D eigenvalue weighted by atomic mass is 16.5. The summed E-state index contributed by atoms with van der Waals surface area (Å²) in [6.45, 7) is 6.92. The molecule has 0 aromatic carbocycles. The van der Waals surface area contributed by atoms with E-state index in [4.69, 9.17) is 9.73 Å². The molecule has 5 unspecified atom stereocenters. The van der Waals surface area contributed by atoms with E-state index in [0.717, 1.165) is 57.1 Å². The molecule has 0 saturated heterocycles. The molecule has 0 radical (unpaired) electrons. The van der Waals surface area contributed by atoms with E-state index in [2.05, 4.69) is 25.8 Å². The van der Waals surface area contributed by atoms with Crippen molar-refractivity contribution in [2.45, 2.75) is 120 Å². The number of ether oxygens (including phenoxy) is 1. The topological polar surface area (TPSA) is 82.3 Å². The molecule has 0 spiro atoms. The van der Waals surface area contributed by atoms with Crippen molar-refractivity contribution >= 4 is 6.21 Å². The highest BCUT2D eigenvalue weighted by Gasteiger charge is 2.71. The van der Waals surface area contributed by atoms with Gasteiger partial charge in [-0.1, -0.05) is 32.8 Å². The quantitative estimate of drug-likeness (QED) is 0.488. The Kier molecular flexibility index (Phi) is 5.82. The Morgan fingerprint density at radius 2 is 1.74 bits per heavy atom. The number of rotatable bonds is 3. The lowest BCUT2D eigenvalue weighted by Gasteiger charge is -2.65. The molecule has 8 atom stereocenters. The predicted octanol–water partition coefficient (Wildman–Crippen LogP) is 5.09. The number of allylic oxidation sites excluding steroid dienone is 1. The molecule has 6 rings (SSSR count). The SMILES string of the molecule is C=C1C=C(C2CCC3(O)[C@@H]4CCC5(O)C[C@H](O)CCC5(C=NC5CCCCC5)[C@H]4CCC23C)CO1. The van der Waals surface area contributed by atoms with Crippen LogP contribution in [0, 0.1) is 28.6 Å². The average Bonchev–Trinajstić information content (AvgIpc) is 3.38. The number of fused-ring (bicyclic) bond motifs is 5. The molecule has 6 aliphatic rings. The van der Waals surface area contributed by atoms with Gasteiger partial charge in [-0.25, -0.2) is 0 Å². The van der Waals surface area contributed by atoms with Crippen LogP contribution >= 0.6 is 0 Å². The molecule has 35 heavy (non-hydrogen) atoms. The Balaban J connectivity index is 1.36. The largest absolute Gasteiger partial charge is 0.490 e. The molecule has 1 aliphatic heterocycles. The van der Waals surface area contributed by atoms with Crippen LogP contribution in [0.4, 0.5) is 0 Å². The van der Waals surface area contributed by atoms with Crippen molar-refractivity contribution in [2.75, 3.05) is 6.61 Å². The normalized spacial score (nSPS) is 50.4. The van der Waals surface area contributed by atoms with Crippen LogP contribution in [0.25, 0.3) is 0 Å². The van der Waals surface area contributed by atoms with Gasteiger partial charge < -0.3 is 20.1 Å². The van der Waals surface area contributed by atoms with Crippen LogP contribution in [0.2, 0.25) is 0 Å². The summed E-state index contributed by atoms with van der Waals surface area (Å²) in [5.74, 6) is 1.44. The van der Waals surface area contributed by atoms with Crippen LogP contribution in [-0.4, -0.2) is 51.5 Å². The van der Waals surface area contributed by atoms with Gasteiger partial charge in [-0.2, -0.15) is 0 Å². The van der Waals surface area contributed by atoms with E-state index in [1.165, 1.54) is 24.8 Å². The zero-order valence-corrected chi connectivity index (χ0v) is 21.6. The molecular weight excluding hydrogens is 438 g/mol. The van der Waals surface area contributed by atoms with E-state index in [-0.39, 0.29) is 17.3 Å². The van der Waals surface area contributed by atoms with Crippen molar-refractivity contribution < 1.29 is 20.1 Å². The molecule has 5 saturated carbocycles. The second kappa shape index (κ2) is 8.43. The molecule has 194 valence electrons. The highest BCUT2D eigenvalue weighted by molar-refractivity contribution is 5.70. The fourth-order valence-corrected chi connectivity index (χ4v) is 9.91. The average molecular weight is 484 g/mol. The Morgan fingerprint density at radius 1 is 0.971 bits per heavy atom. The minimum atomic E-state index is -0.925. The van der Waals surface area contributed by atoms with E-state index in [9.17, 15) is 15.3 Å². The van der Waals surface area contributed by atoms with Gasteiger partial charge in [0.15, 0.2) is 0 Å². The predicted molar refractivity (Wildman–Crippen MR) is 137 cm³/mol. The minimum Gasteiger partial charge on any atom is -0.490 e. The number of aliphatic imine (C=N–C) groups is 1. The van der Waals surface area contributed by atoms with Crippen LogP contribution in [-0.2, 0) is 4.74 Å². The first-order chi connectivity index (χ1) is 16.7. The van der Waals surface area contributed by atoms with E-state index < -0.39 is 22.7 Å². The van der Waals surface area contributed by atoms with Crippen molar-refractivity contribution in [1.29, 1.82) is 0 Å². The van der Waals surface area contributed by atoms with Crippen molar-refractivity contribution in [1.82, 2.24) is 0 Å². The third kappa shape index (κ3) is 3.47. The third-order valence-electron chi connectivity index (χ3n) is 11.8. The maximum absolute atomic E-state index is 12.6. The van der Waals surface area contributed by atoms with Gasteiger partial charge in [-0.15, -0.1) is 0 Å². The van der Waals surface area contributed by atoms with Gasteiger partial charge in [0.05, 0.1) is 17.3 Å². The molecule has 0 aromatic rings. The van der Waals surface area contributed by atoms with Crippen molar-refractivity contribution in [3.8, 4) is 0 Å². The molecule has 5 aliphatic carbocycles. The van der Waals surface area contributed by atoms with Crippen LogP contribution in [0.1, 0.15) is 96.8 Å². The summed E-state index contributed by atoms with van der Waals surface area (Å²) in [6, 6.07) is 0.366. The fraction of sp³-hybridized carbons (Fsp3) is 0.833. The summed E-state index contributed by atoms with van der Waals surface area (Å²) in [7, 11) is 0. The summed E-state index contributed by atoms with van der Waals surface area (Å²) in [5.41, 5.74) is -0.987. The Bertz CT molecular complexity index is 923. The lowest BCUT2D eigenvalue weighted by atomic mass is 9.41. The van der Waals surface area contributed by atoms with E-state index in [1.54, 1.807) is 0 Å². The third-order valence-corrected chi connectivity index (χ3v) is 11.8. The summed E-state index contributed by atoms with van der Waals surface area (Å²) in [4.78, 5) is 5.17. The first-order valence-electron chi connectivity index (χ1n) is 14.4. The van der Waals surface area contributed by atoms with E-state index in [0.29, 0.717) is 37.8 Å². The van der Waals surface area contributed by atoms with Gasteiger partial charge >= 0.3 is 0 Å². The Hall–Kier alpha value is -1.17. The molecule has 0 aromatic heterocycles. The second-order valence-electron chi connectivity index (χ2n) is 13.2. The van der Waals surface area contributed by atoms with Crippen molar-refractivity contribution in [2.24, 2.45) is 33.6 Å². The second-order valence-corrected chi connectivity index (χ2v) is 13.2. The smallest absolute Gasteiger partial charge is 0.112 e. The molecule has 5 heteroatoms. The number of aliphatic hydroxyl groups excluding tert-OH is 1. The van der Waals surface area contributed by atoms with Crippen LogP contribution in [0.5, 0.6) is 0 Å². The van der Waals surface area contributed by atoms with Gasteiger partial charge in [-0.3, -0.25) is 4.99 Å². The lowest BCUT2D eigenvalue weighted by Crippen LogP contribution is -2.68. The summed E-state index contributed by atoms with van der Waals surface area (Å²) in [5, 5.41) is 35.3. The van der Waals surface area contributed by atoms with E-state index >= 15 is 0 Å². The molecule has 0 amide bonds. The monoisotopic (exact) mass is 483 g/mol. The molecule has 5 fully saturated rings. The maximum atomic E-state index is 12.6. The molecule has 0 bridgehead atoms. The lowest BCUT2D eigenvalue weighted by molar-refractivity contribution is -0.237. The highest BCUT2D eigenvalue weighted by Crippen LogP contribution is 2.70. The van der Waals surface area contributed by atoms with Crippen molar-refractivity contribution in [3.05, 3.63) is 24.0 Å². The van der Waals surface area contributed by atoms with Gasteiger partial charge in [0, 0.05) is 29.5 Å². The minimum absolute atomic E-state index is 0.158. The van der Waals surface area contributed by atoms with Gasteiger partial charge in [-0.05, 0) is 93.6 Å². The summed E-state index contributed by atoms with van der Waals surface area (Å²) in [6.07, 6.45) is 17.1. The van der Waals surface area contributed by atoms with Crippen LogP contribution in [0.15, 0.2) is 29.0 Å². The summed E-state index contributed by atoms with van der Waals surface area (Å²) >= 11 is 0. The van der Waals surface area contributed by atoms with Gasteiger partial charge in [0.1, 0.15) is 12.4 Å². The molecule has 5 nitrogen and oxygen atoms in total. The molecular formula is C30H45NO4. The van der Waals surface area contributed by atoms with E-state index in [1.807, 2.05) is 0 Å². The van der Waals surface area contributed by atoms with Crippen LogP contribution in [0.3, 0.4) is 0 Å². The zero-order chi connectivity index (χ0) is 24.5.